The zero-order valence-corrected chi connectivity index (χ0v) is 28.7. The second-order valence-corrected chi connectivity index (χ2v) is 12.6. The van der Waals surface area contributed by atoms with Gasteiger partial charge in [-0.3, -0.25) is 14.4 Å². The number of nitrogens with one attached hydrogen (secondary N) is 1. The first-order valence-corrected chi connectivity index (χ1v) is 16.1. The quantitative estimate of drug-likeness (QED) is 0.250. The molecule has 3 amide bonds. The van der Waals surface area contributed by atoms with Gasteiger partial charge < -0.3 is 35.1 Å². The van der Waals surface area contributed by atoms with Crippen molar-refractivity contribution >= 4 is 23.7 Å². The predicted octanol–water partition coefficient (Wildman–Crippen LogP) is 2.79. The van der Waals surface area contributed by atoms with E-state index in [1.165, 1.54) is 14.2 Å². The van der Waals surface area contributed by atoms with Crippen LogP contribution in [0.5, 0.6) is 0 Å². The van der Waals surface area contributed by atoms with Crippen LogP contribution in [0.1, 0.15) is 65.9 Å². The van der Waals surface area contributed by atoms with Crippen LogP contribution < -0.4 is 11.1 Å². The summed E-state index contributed by atoms with van der Waals surface area (Å²) in [5, 5.41) is 2.85. The predicted molar refractivity (Wildman–Crippen MR) is 173 cm³/mol. The Morgan fingerprint density at radius 2 is 1.69 bits per heavy atom. The molecule has 1 heterocycles. The highest BCUT2D eigenvalue weighted by atomic mass is 16.5. The maximum atomic E-state index is 13.9. The average Bonchev–Trinajstić information content (AvgIpc) is 3.52. The number of ether oxygens (including phenoxy) is 3. The summed E-state index contributed by atoms with van der Waals surface area (Å²) < 4.78 is 16.7. The average molecular weight is 633 g/mol. The highest BCUT2D eigenvalue weighted by Crippen LogP contribution is 2.29. The monoisotopic (exact) mass is 632 g/mol. The third kappa shape index (κ3) is 9.98. The Kier molecular flexibility index (Phi) is 15.4. The van der Waals surface area contributed by atoms with Gasteiger partial charge in [-0.15, -0.1) is 0 Å². The number of carbonyl (C=O) groups excluding carboxylic acids is 4. The summed E-state index contributed by atoms with van der Waals surface area (Å²) in [6.45, 7) is 10.2. The van der Waals surface area contributed by atoms with E-state index in [9.17, 15) is 19.2 Å². The first-order chi connectivity index (χ1) is 21.3. The summed E-state index contributed by atoms with van der Waals surface area (Å²) in [6.07, 6.45) is 1.40. The molecule has 1 saturated heterocycles. The highest BCUT2D eigenvalue weighted by Gasteiger charge is 2.42. The third-order valence-electron chi connectivity index (χ3n) is 9.35. The van der Waals surface area contributed by atoms with E-state index in [1.807, 2.05) is 58.0 Å². The standard InChI is InChI=1S/C34H56N4O7/c1-10-22(4)30(37(6)33(41)29(35)21(2)3)27(43-7)20-28(39)38-18-14-17-26(38)31(44-8)23(5)32(40)36-25(34(42)45-9)19-24-15-12-11-13-16-24/h11-13,15-16,21-23,25-27,29-31H,10,14,17-20,35H2,1-9H3,(H,36,40)/t22-,23?,25?,26?,27+,29-,30-,31+/m0/s1. The van der Waals surface area contributed by atoms with Crippen molar-refractivity contribution in [3.63, 3.8) is 0 Å². The first kappa shape index (κ1) is 38.2. The van der Waals surface area contributed by atoms with Crippen molar-refractivity contribution in [3.05, 3.63) is 35.9 Å². The van der Waals surface area contributed by atoms with Crippen LogP contribution in [-0.2, 0) is 39.8 Å². The van der Waals surface area contributed by atoms with E-state index in [0.717, 1.165) is 18.4 Å². The van der Waals surface area contributed by atoms with E-state index in [2.05, 4.69) is 5.32 Å². The van der Waals surface area contributed by atoms with Crippen LogP contribution in [-0.4, -0.2) is 105 Å². The number of hydrogen-bond acceptors (Lipinski definition) is 8. The molecule has 254 valence electrons. The molecule has 0 saturated carbocycles. The fourth-order valence-corrected chi connectivity index (χ4v) is 6.31. The van der Waals surface area contributed by atoms with Gasteiger partial charge in [-0.25, -0.2) is 4.79 Å². The SMILES string of the molecule is CC[C@H](C)[C@@H]([C@@H](CC(=O)N1CCCC1[C@H](OC)C(C)C(=O)NC(Cc1ccccc1)C(=O)OC)OC)N(C)C(=O)[C@@H](N)C(C)C. The molecule has 0 radical (unpaired) electrons. The summed E-state index contributed by atoms with van der Waals surface area (Å²) in [5.74, 6) is -1.84. The molecule has 1 aliphatic rings. The number of hydrogen-bond donors (Lipinski definition) is 2. The second kappa shape index (κ2) is 18.2. The van der Waals surface area contributed by atoms with Crippen molar-refractivity contribution < 1.29 is 33.4 Å². The molecule has 1 aliphatic heterocycles. The normalized spacial score (nSPS) is 19.6. The van der Waals surface area contributed by atoms with Crippen molar-refractivity contribution in [2.24, 2.45) is 23.5 Å². The van der Waals surface area contributed by atoms with Crippen LogP contribution in [0.3, 0.4) is 0 Å². The molecular weight excluding hydrogens is 576 g/mol. The van der Waals surface area contributed by atoms with Gasteiger partial charge in [-0.2, -0.15) is 0 Å². The lowest BCUT2D eigenvalue weighted by Gasteiger charge is -2.40. The fourth-order valence-electron chi connectivity index (χ4n) is 6.31. The molecule has 11 nitrogen and oxygen atoms in total. The minimum absolute atomic E-state index is 0.0306. The molecule has 0 bridgehead atoms. The molecular formula is C34H56N4O7. The zero-order valence-electron chi connectivity index (χ0n) is 28.7. The number of nitrogens with two attached hydrogens (primary N) is 1. The number of rotatable bonds is 17. The third-order valence-corrected chi connectivity index (χ3v) is 9.35. The van der Waals surface area contributed by atoms with E-state index < -0.39 is 36.2 Å². The van der Waals surface area contributed by atoms with Crippen LogP contribution >= 0.6 is 0 Å². The Bertz CT molecular complexity index is 1100. The summed E-state index contributed by atoms with van der Waals surface area (Å²) >= 11 is 0. The molecule has 45 heavy (non-hydrogen) atoms. The van der Waals surface area contributed by atoms with E-state index in [-0.39, 0.29) is 54.5 Å². The lowest BCUT2D eigenvalue weighted by atomic mass is 9.89. The minimum atomic E-state index is -0.866. The van der Waals surface area contributed by atoms with Gasteiger partial charge in [0.05, 0.1) is 49.8 Å². The van der Waals surface area contributed by atoms with Crippen molar-refractivity contribution in [1.82, 2.24) is 15.1 Å². The molecule has 2 rings (SSSR count). The molecule has 1 aromatic carbocycles. The zero-order chi connectivity index (χ0) is 33.8. The van der Waals surface area contributed by atoms with Gasteiger partial charge in [-0.1, -0.05) is 71.4 Å². The smallest absolute Gasteiger partial charge is 0.328 e. The van der Waals surface area contributed by atoms with Crippen molar-refractivity contribution in [3.8, 4) is 0 Å². The number of nitrogens with zero attached hydrogens (tertiary/aromatic N) is 2. The van der Waals surface area contributed by atoms with E-state index in [1.54, 1.807) is 30.9 Å². The van der Waals surface area contributed by atoms with Crippen molar-refractivity contribution in [1.29, 1.82) is 0 Å². The topological polar surface area (TPSA) is 141 Å². The van der Waals surface area contributed by atoms with Gasteiger partial charge in [0.25, 0.3) is 0 Å². The fraction of sp³-hybridized carbons (Fsp3) is 0.706. The number of esters is 1. The van der Waals surface area contributed by atoms with Crippen LogP contribution in [0.4, 0.5) is 0 Å². The molecule has 0 aliphatic carbocycles. The number of amides is 3. The van der Waals surface area contributed by atoms with Crippen molar-refractivity contribution in [2.75, 3.05) is 34.9 Å². The summed E-state index contributed by atoms with van der Waals surface area (Å²) in [7, 11) is 6.12. The first-order valence-electron chi connectivity index (χ1n) is 16.1. The van der Waals surface area contributed by atoms with E-state index >= 15 is 0 Å². The van der Waals surface area contributed by atoms with E-state index in [4.69, 9.17) is 19.9 Å². The van der Waals surface area contributed by atoms with Gasteiger partial charge in [-0.05, 0) is 30.2 Å². The molecule has 0 spiro atoms. The molecule has 0 aromatic heterocycles. The van der Waals surface area contributed by atoms with Crippen LogP contribution in [0.15, 0.2) is 30.3 Å². The number of likely N-dealkylation sites (tertiary alicyclic amines) is 1. The molecule has 11 heteroatoms. The summed E-state index contributed by atoms with van der Waals surface area (Å²) in [6, 6.07) is 7.18. The molecule has 3 unspecified atom stereocenters. The minimum Gasteiger partial charge on any atom is -0.467 e. The Labute approximate surface area is 269 Å². The van der Waals surface area contributed by atoms with Crippen molar-refractivity contribution in [2.45, 2.75) is 103 Å². The van der Waals surface area contributed by atoms with Gasteiger partial charge in [0.15, 0.2) is 0 Å². The molecule has 1 aromatic rings. The van der Waals surface area contributed by atoms with Gasteiger partial charge in [0, 0.05) is 34.2 Å². The molecule has 1 fully saturated rings. The highest BCUT2D eigenvalue weighted by molar-refractivity contribution is 5.86. The Morgan fingerprint density at radius 1 is 1.04 bits per heavy atom. The Balaban J connectivity index is 2.22. The van der Waals surface area contributed by atoms with Gasteiger partial charge in [0.1, 0.15) is 6.04 Å². The number of likely N-dealkylation sites (N-methyl/N-ethyl adjacent to an activating group) is 1. The molecule has 3 N–H and O–H groups in total. The van der Waals surface area contributed by atoms with Gasteiger partial charge >= 0.3 is 5.97 Å². The summed E-state index contributed by atoms with van der Waals surface area (Å²) in [5.41, 5.74) is 7.10. The second-order valence-electron chi connectivity index (χ2n) is 12.6. The lowest BCUT2D eigenvalue weighted by Crippen LogP contribution is -2.56. The Hall–Kier alpha value is -3.02. The Morgan fingerprint density at radius 3 is 2.22 bits per heavy atom. The largest absolute Gasteiger partial charge is 0.467 e. The number of benzene rings is 1. The van der Waals surface area contributed by atoms with Crippen LogP contribution in [0, 0.1) is 17.8 Å². The maximum Gasteiger partial charge on any atom is 0.328 e. The van der Waals surface area contributed by atoms with Crippen LogP contribution in [0.25, 0.3) is 0 Å². The number of carbonyl (C=O) groups is 4. The number of methoxy groups -OCH3 is 3. The van der Waals surface area contributed by atoms with E-state index in [0.29, 0.717) is 13.0 Å². The summed E-state index contributed by atoms with van der Waals surface area (Å²) in [4.78, 5) is 56.6. The molecule has 8 atom stereocenters. The van der Waals surface area contributed by atoms with Crippen LogP contribution in [0.2, 0.25) is 0 Å². The van der Waals surface area contributed by atoms with Gasteiger partial charge in [0.2, 0.25) is 17.7 Å². The maximum absolute atomic E-state index is 13.9. The lowest BCUT2D eigenvalue weighted by molar-refractivity contribution is -0.148.